The van der Waals surface area contributed by atoms with Gasteiger partial charge in [0.1, 0.15) is 0 Å². The van der Waals surface area contributed by atoms with Crippen LogP contribution in [-0.4, -0.2) is 23.3 Å². The van der Waals surface area contributed by atoms with Crippen molar-refractivity contribution in [3.63, 3.8) is 0 Å². The Morgan fingerprint density at radius 1 is 0.672 bits per heavy atom. The van der Waals surface area contributed by atoms with Crippen molar-refractivity contribution in [2.75, 3.05) is 4.90 Å². The van der Waals surface area contributed by atoms with E-state index in [1.807, 2.05) is 22.7 Å². The second-order valence-corrected chi connectivity index (χ2v) is 20.7. The third-order valence-corrected chi connectivity index (χ3v) is 17.7. The maximum Gasteiger partial charge on any atom is 0.0812 e. The van der Waals surface area contributed by atoms with Gasteiger partial charge in [-0.25, -0.2) is 0 Å². The Labute approximate surface area is 382 Å². The highest BCUT2D eigenvalue weighted by Gasteiger charge is 2.49. The molecule has 0 amide bonds. The number of thiophene rings is 2. The average molecular weight is 867 g/mol. The number of nitrogens with zero attached hydrogens (tertiary/aromatic N) is 3. The molecule has 5 aliphatic carbocycles. The molecule has 2 fully saturated rings. The van der Waals surface area contributed by atoms with Crippen molar-refractivity contribution in [1.82, 2.24) is 15.5 Å². The molecule has 0 spiro atoms. The Morgan fingerprint density at radius 2 is 1.47 bits per heavy atom. The average Bonchev–Trinajstić information content (AvgIpc) is 4.12. The summed E-state index contributed by atoms with van der Waals surface area (Å²) in [4.78, 5) is 7.01. The van der Waals surface area contributed by atoms with Gasteiger partial charge >= 0.3 is 0 Å². The van der Waals surface area contributed by atoms with E-state index in [1.54, 1.807) is 4.88 Å². The van der Waals surface area contributed by atoms with Gasteiger partial charge in [0, 0.05) is 75.9 Å². The molecule has 2 N–H and O–H groups in total. The summed E-state index contributed by atoms with van der Waals surface area (Å²) in [6, 6.07) is 34.0. The van der Waals surface area contributed by atoms with Crippen molar-refractivity contribution in [1.29, 1.82) is 0 Å². The monoisotopic (exact) mass is 866 g/mol. The molecule has 64 heavy (non-hydrogen) atoms. The summed E-state index contributed by atoms with van der Waals surface area (Å²) < 4.78 is 4.19. The summed E-state index contributed by atoms with van der Waals surface area (Å²) >= 11 is 3.99. The standard InChI is InChI=1S/C57H48N5S2/c1-3-15-34(16-4-1)55-58-56(35-17-5-2-6-18-35)60-57(59-55)43-33-36(61-44-23-11-7-21-41(44)51-47(61)31-28-39-37-19-9-13-25-49(37)63-53(39)51)27-30-46(43)62-45-24-12-8-22-42(45)52-48(62)32-29-40-38-20-10-14-26-50(38)64-54(40)52/h1-17,19-20,23-26,28-29,31-33,35,41-42,47,51,55-59H,18,21-22,27,30H2/q-1. The Bertz CT molecular complexity index is 3200. The Balaban J connectivity index is 0.956. The summed E-state index contributed by atoms with van der Waals surface area (Å²) in [6.45, 7) is 0. The topological polar surface area (TPSA) is 44.6 Å². The first-order valence-electron chi connectivity index (χ1n) is 23.3. The quantitative estimate of drug-likeness (QED) is 0.181. The fourth-order valence-corrected chi connectivity index (χ4v) is 15.1. The van der Waals surface area contributed by atoms with Crippen LogP contribution in [-0.2, 0) is 0 Å². The van der Waals surface area contributed by atoms with Gasteiger partial charge < -0.3 is 25.8 Å². The minimum Gasteiger partial charge on any atom is -0.628 e. The van der Waals surface area contributed by atoms with Crippen LogP contribution in [0.3, 0.4) is 0 Å². The van der Waals surface area contributed by atoms with Gasteiger partial charge in [-0.15, -0.1) is 22.7 Å². The lowest BCUT2D eigenvalue weighted by molar-refractivity contribution is 0.289. The molecule has 3 aliphatic heterocycles. The Morgan fingerprint density at radius 3 is 2.34 bits per heavy atom. The molecule has 5 heterocycles. The van der Waals surface area contributed by atoms with Crippen LogP contribution in [0.1, 0.15) is 71.7 Å². The summed E-state index contributed by atoms with van der Waals surface area (Å²) in [5.41, 5.74) is 12.4. The van der Waals surface area contributed by atoms with Gasteiger partial charge in [0.15, 0.2) is 0 Å². The van der Waals surface area contributed by atoms with Crippen molar-refractivity contribution in [2.24, 2.45) is 11.8 Å². The molecule has 8 aliphatic rings. The fourth-order valence-electron chi connectivity index (χ4n) is 12.4. The van der Waals surface area contributed by atoms with Gasteiger partial charge in [-0.05, 0) is 96.5 Å². The van der Waals surface area contributed by atoms with E-state index in [2.05, 4.69) is 190 Å². The van der Waals surface area contributed by atoms with Crippen molar-refractivity contribution in [2.45, 2.75) is 68.5 Å². The molecule has 4 aromatic carbocycles. The second kappa shape index (κ2) is 14.9. The lowest BCUT2D eigenvalue weighted by atomic mass is 9.80. The first-order valence-corrected chi connectivity index (χ1v) is 24.9. The maximum atomic E-state index is 5.82. The van der Waals surface area contributed by atoms with Crippen LogP contribution in [0.4, 0.5) is 5.69 Å². The molecule has 314 valence electrons. The molecular formula is C57H48N5S2-. The van der Waals surface area contributed by atoms with Crippen LogP contribution in [0.15, 0.2) is 192 Å². The van der Waals surface area contributed by atoms with Crippen molar-refractivity contribution in [3.8, 4) is 0 Å². The Kier molecular flexibility index (Phi) is 8.73. The highest BCUT2D eigenvalue weighted by molar-refractivity contribution is 7.26. The van der Waals surface area contributed by atoms with E-state index in [4.69, 9.17) is 5.32 Å². The van der Waals surface area contributed by atoms with Crippen LogP contribution in [0.25, 0.3) is 41.7 Å². The highest BCUT2D eigenvalue weighted by atomic mass is 32.1. The first kappa shape index (κ1) is 37.6. The number of benzene rings is 4. The normalized spacial score (nSPS) is 28.9. The number of nitrogens with one attached hydrogen (secondary N) is 2. The molecule has 7 heteroatoms. The van der Waals surface area contributed by atoms with Crippen molar-refractivity contribution in [3.05, 3.63) is 219 Å². The van der Waals surface area contributed by atoms with Gasteiger partial charge in [0.05, 0.1) is 17.9 Å². The summed E-state index contributed by atoms with van der Waals surface area (Å²) in [6.07, 6.45) is 35.4. The van der Waals surface area contributed by atoms with Crippen LogP contribution in [0.5, 0.6) is 0 Å². The van der Waals surface area contributed by atoms with Crippen molar-refractivity contribution < 1.29 is 0 Å². The van der Waals surface area contributed by atoms with Crippen LogP contribution >= 0.6 is 22.7 Å². The minimum absolute atomic E-state index is 0.0572. The number of likely N-dealkylation sites (tertiary alicyclic amines) is 1. The van der Waals surface area contributed by atoms with E-state index >= 15 is 0 Å². The largest absolute Gasteiger partial charge is 0.628 e. The third kappa shape index (κ3) is 5.71. The van der Waals surface area contributed by atoms with E-state index < -0.39 is 0 Å². The fraction of sp³-hybridized carbons (Fsp3) is 0.228. The molecule has 6 aromatic rings. The number of rotatable bonds is 5. The zero-order valence-corrected chi connectivity index (χ0v) is 37.1. The van der Waals surface area contributed by atoms with Gasteiger partial charge in [-0.1, -0.05) is 146 Å². The summed E-state index contributed by atoms with van der Waals surface area (Å²) in [7, 11) is 0. The predicted molar refractivity (Wildman–Crippen MR) is 268 cm³/mol. The molecule has 8 atom stereocenters. The lowest BCUT2D eigenvalue weighted by Crippen LogP contribution is -2.55. The summed E-state index contributed by atoms with van der Waals surface area (Å²) in [5, 5.41) is 18.0. The Hall–Kier alpha value is -5.80. The van der Waals surface area contributed by atoms with Crippen LogP contribution in [0, 0.1) is 11.8 Å². The minimum atomic E-state index is -0.234. The molecule has 0 saturated carbocycles. The molecule has 5 nitrogen and oxygen atoms in total. The first-order chi connectivity index (χ1) is 31.7. The summed E-state index contributed by atoms with van der Waals surface area (Å²) in [5.74, 6) is 1.43. The zero-order valence-electron chi connectivity index (χ0n) is 35.5. The van der Waals surface area contributed by atoms with E-state index in [0.717, 1.165) is 32.1 Å². The highest BCUT2D eigenvalue weighted by Crippen LogP contribution is 2.59. The molecule has 0 bridgehead atoms. The van der Waals surface area contributed by atoms with Crippen LogP contribution in [0.2, 0.25) is 0 Å². The number of fused-ring (bicyclic) bond motifs is 14. The molecule has 2 saturated heterocycles. The number of hydrogen-bond donors (Lipinski definition) is 2. The van der Waals surface area contributed by atoms with Gasteiger partial charge in [0.2, 0.25) is 0 Å². The maximum absolute atomic E-state index is 5.82. The van der Waals surface area contributed by atoms with Gasteiger partial charge in [0.25, 0.3) is 0 Å². The number of anilines is 1. The third-order valence-electron chi connectivity index (χ3n) is 15.2. The molecular weight excluding hydrogens is 819 g/mol. The molecule has 14 rings (SSSR count). The van der Waals surface area contributed by atoms with E-state index in [-0.39, 0.29) is 30.5 Å². The predicted octanol–water partition coefficient (Wildman–Crippen LogP) is 14.0. The van der Waals surface area contributed by atoms with Gasteiger partial charge in [-0.2, -0.15) is 0 Å². The van der Waals surface area contributed by atoms with E-state index in [1.165, 1.54) is 81.0 Å². The second-order valence-electron chi connectivity index (χ2n) is 18.5. The molecule has 8 unspecified atom stereocenters. The van der Waals surface area contributed by atoms with E-state index in [0.29, 0.717) is 17.8 Å². The van der Waals surface area contributed by atoms with Crippen molar-refractivity contribution >= 4 is 64.7 Å². The SMILES string of the molecule is C1=CCC2C(=C1)N(C1=C(C3[N-]C(C4C=CC=CC4)NC(c4ccccc4)N3)C=C(N3C4=CC=CCC4C4c5sc6ccccc6c5C=CC43)CC1)c1ccc3c(sc4ccccc43)c12. The van der Waals surface area contributed by atoms with Gasteiger partial charge in [-0.3, -0.25) is 0 Å². The lowest BCUT2D eigenvalue weighted by Gasteiger charge is -2.54. The molecule has 2 aromatic heterocycles. The van der Waals surface area contributed by atoms with Crippen LogP contribution < -0.4 is 15.5 Å². The number of hydrogen-bond acceptors (Lipinski definition) is 6. The van der Waals surface area contributed by atoms with E-state index in [9.17, 15) is 0 Å². The molecule has 0 radical (unpaired) electrons. The smallest absolute Gasteiger partial charge is 0.0812 e. The zero-order chi connectivity index (χ0) is 41.9. The number of allylic oxidation sites excluding steroid dienone is 13.